The Morgan fingerprint density at radius 3 is 2.70 bits per heavy atom. The number of carbonyl (C=O) groups is 1. The molecule has 2 fully saturated rings. The third-order valence-electron chi connectivity index (χ3n) is 6.17. The van der Waals surface area contributed by atoms with Gasteiger partial charge in [0.15, 0.2) is 17.5 Å². The highest BCUT2D eigenvalue weighted by Crippen LogP contribution is 2.39. The molecule has 3 heterocycles. The fourth-order valence-electron chi connectivity index (χ4n) is 4.42. The Bertz CT molecular complexity index is 907. The Labute approximate surface area is 174 Å². The van der Waals surface area contributed by atoms with Crippen LogP contribution in [0.15, 0.2) is 22.7 Å². The SMILES string of the molecule is CC(C)c1nc(CC2CCOC3(CCN(C(=O)c4ccc(F)c(F)c4)CC3)C2)no1. The quantitative estimate of drug-likeness (QED) is 0.746. The monoisotopic (exact) mass is 419 g/mol. The molecule has 6 nitrogen and oxygen atoms in total. The van der Waals surface area contributed by atoms with Gasteiger partial charge < -0.3 is 14.2 Å². The lowest BCUT2D eigenvalue weighted by molar-refractivity contribution is -0.123. The summed E-state index contributed by atoms with van der Waals surface area (Å²) >= 11 is 0. The van der Waals surface area contributed by atoms with E-state index in [0.29, 0.717) is 31.5 Å². The second-order valence-electron chi connectivity index (χ2n) is 8.72. The number of rotatable bonds is 4. The highest BCUT2D eigenvalue weighted by molar-refractivity contribution is 5.94. The lowest BCUT2D eigenvalue weighted by Gasteiger charge is -2.46. The highest BCUT2D eigenvalue weighted by atomic mass is 19.2. The summed E-state index contributed by atoms with van der Waals surface area (Å²) in [6.45, 7) is 5.79. The molecule has 1 aromatic carbocycles. The van der Waals surface area contributed by atoms with Crippen LogP contribution in [0.1, 0.15) is 67.5 Å². The number of carbonyl (C=O) groups excluding carboxylic acids is 1. The number of likely N-dealkylation sites (tertiary alicyclic amines) is 1. The second kappa shape index (κ2) is 8.41. The van der Waals surface area contributed by atoms with Gasteiger partial charge in [-0.1, -0.05) is 19.0 Å². The molecular formula is C22H27F2N3O3. The molecule has 2 saturated heterocycles. The predicted molar refractivity (Wildman–Crippen MR) is 105 cm³/mol. The van der Waals surface area contributed by atoms with E-state index in [0.717, 1.165) is 50.1 Å². The first-order chi connectivity index (χ1) is 14.3. The van der Waals surface area contributed by atoms with Crippen LogP contribution in [-0.2, 0) is 11.2 Å². The van der Waals surface area contributed by atoms with Gasteiger partial charge in [0.1, 0.15) is 0 Å². The maximum absolute atomic E-state index is 13.5. The maximum atomic E-state index is 13.5. The van der Waals surface area contributed by atoms with E-state index in [1.54, 1.807) is 4.90 Å². The number of halogens is 2. The molecule has 2 aliphatic heterocycles. The zero-order chi connectivity index (χ0) is 21.3. The van der Waals surface area contributed by atoms with Crippen molar-refractivity contribution in [3.63, 3.8) is 0 Å². The Morgan fingerprint density at radius 2 is 2.03 bits per heavy atom. The molecule has 30 heavy (non-hydrogen) atoms. The summed E-state index contributed by atoms with van der Waals surface area (Å²) in [6.07, 6.45) is 4.06. The predicted octanol–water partition coefficient (Wildman–Crippen LogP) is 4.12. The van der Waals surface area contributed by atoms with Crippen molar-refractivity contribution in [3.05, 3.63) is 47.1 Å². The van der Waals surface area contributed by atoms with E-state index in [2.05, 4.69) is 10.1 Å². The van der Waals surface area contributed by atoms with Crippen LogP contribution in [-0.4, -0.2) is 46.2 Å². The molecule has 0 N–H and O–H groups in total. The zero-order valence-electron chi connectivity index (χ0n) is 17.4. The standard InChI is InChI=1S/C22H27F2N3O3/c1-14(2)20-25-19(26-30-20)11-15-5-10-29-22(13-15)6-8-27(9-7-22)21(28)16-3-4-17(23)18(24)12-16/h3-4,12,14-15H,5-11,13H2,1-2H3. The van der Waals surface area contributed by atoms with Crippen molar-refractivity contribution in [3.8, 4) is 0 Å². The normalized spacial score (nSPS) is 21.4. The first kappa shape index (κ1) is 20.9. The summed E-state index contributed by atoms with van der Waals surface area (Å²) in [5.74, 6) is -0.206. The van der Waals surface area contributed by atoms with Crippen LogP contribution in [0.2, 0.25) is 0 Å². The fraction of sp³-hybridized carbons (Fsp3) is 0.591. The van der Waals surface area contributed by atoms with Gasteiger partial charge in [0.05, 0.1) is 5.60 Å². The van der Waals surface area contributed by atoms with Crippen LogP contribution in [0.5, 0.6) is 0 Å². The van der Waals surface area contributed by atoms with Gasteiger partial charge in [-0.15, -0.1) is 0 Å². The van der Waals surface area contributed by atoms with Gasteiger partial charge in [-0.05, 0) is 49.8 Å². The molecule has 1 amide bonds. The van der Waals surface area contributed by atoms with Gasteiger partial charge in [-0.25, -0.2) is 8.78 Å². The topological polar surface area (TPSA) is 68.5 Å². The minimum atomic E-state index is -1.00. The molecule has 8 heteroatoms. The number of ether oxygens (including phenoxy) is 1. The Hall–Kier alpha value is -2.35. The maximum Gasteiger partial charge on any atom is 0.253 e. The minimum Gasteiger partial charge on any atom is -0.375 e. The molecule has 1 spiro atoms. The van der Waals surface area contributed by atoms with Gasteiger partial charge in [0.2, 0.25) is 5.89 Å². The highest BCUT2D eigenvalue weighted by Gasteiger charge is 2.41. The molecule has 1 unspecified atom stereocenters. The zero-order valence-corrected chi connectivity index (χ0v) is 17.4. The van der Waals surface area contributed by atoms with Gasteiger partial charge >= 0.3 is 0 Å². The van der Waals surface area contributed by atoms with Crippen LogP contribution >= 0.6 is 0 Å². The molecule has 0 saturated carbocycles. The third-order valence-corrected chi connectivity index (χ3v) is 6.17. The summed E-state index contributed by atoms with van der Waals surface area (Å²) < 4.78 is 38.1. The van der Waals surface area contributed by atoms with Crippen LogP contribution in [0.25, 0.3) is 0 Å². The summed E-state index contributed by atoms with van der Waals surface area (Å²) in [5.41, 5.74) is -0.0800. The van der Waals surface area contributed by atoms with Crippen molar-refractivity contribution < 1.29 is 22.8 Å². The van der Waals surface area contributed by atoms with Crippen molar-refractivity contribution >= 4 is 5.91 Å². The van der Waals surface area contributed by atoms with Crippen LogP contribution in [0, 0.1) is 17.6 Å². The van der Waals surface area contributed by atoms with Gasteiger partial charge in [0.25, 0.3) is 5.91 Å². The summed E-state index contributed by atoms with van der Waals surface area (Å²) in [4.78, 5) is 18.9. The average Bonchev–Trinajstić information content (AvgIpc) is 3.19. The molecule has 4 rings (SSSR count). The van der Waals surface area contributed by atoms with Crippen LogP contribution in [0.4, 0.5) is 8.78 Å². The molecule has 2 aromatic rings. The van der Waals surface area contributed by atoms with Gasteiger partial charge in [-0.3, -0.25) is 4.79 Å². The molecule has 0 aliphatic carbocycles. The van der Waals surface area contributed by atoms with E-state index in [9.17, 15) is 13.6 Å². The number of hydrogen-bond donors (Lipinski definition) is 0. The molecule has 1 aromatic heterocycles. The number of benzene rings is 1. The second-order valence-corrected chi connectivity index (χ2v) is 8.72. The minimum absolute atomic E-state index is 0.172. The lowest BCUT2D eigenvalue weighted by Crippen LogP contribution is -2.51. The average molecular weight is 419 g/mol. The van der Waals surface area contributed by atoms with Crippen molar-refractivity contribution in [2.75, 3.05) is 19.7 Å². The fourth-order valence-corrected chi connectivity index (χ4v) is 4.42. The van der Waals surface area contributed by atoms with E-state index in [1.165, 1.54) is 6.07 Å². The molecule has 1 atom stereocenters. The number of piperidine rings is 1. The van der Waals surface area contributed by atoms with Crippen molar-refractivity contribution in [1.29, 1.82) is 0 Å². The van der Waals surface area contributed by atoms with Crippen molar-refractivity contribution in [2.24, 2.45) is 5.92 Å². The summed E-state index contributed by atoms with van der Waals surface area (Å²) in [7, 11) is 0. The lowest BCUT2D eigenvalue weighted by atomic mass is 9.78. The number of aromatic nitrogens is 2. The molecule has 162 valence electrons. The Balaban J connectivity index is 1.35. The van der Waals surface area contributed by atoms with Crippen LogP contribution in [0.3, 0.4) is 0 Å². The van der Waals surface area contributed by atoms with E-state index < -0.39 is 11.6 Å². The van der Waals surface area contributed by atoms with E-state index in [4.69, 9.17) is 9.26 Å². The summed E-state index contributed by atoms with van der Waals surface area (Å²) in [6, 6.07) is 3.28. The van der Waals surface area contributed by atoms with E-state index >= 15 is 0 Å². The molecular weight excluding hydrogens is 392 g/mol. The smallest absolute Gasteiger partial charge is 0.253 e. The Kier molecular flexibility index (Phi) is 5.86. The van der Waals surface area contributed by atoms with Crippen molar-refractivity contribution in [2.45, 2.75) is 57.5 Å². The van der Waals surface area contributed by atoms with Gasteiger partial charge in [-0.2, -0.15) is 4.98 Å². The van der Waals surface area contributed by atoms with Gasteiger partial charge in [0, 0.05) is 37.6 Å². The third kappa shape index (κ3) is 4.38. The van der Waals surface area contributed by atoms with E-state index in [-0.39, 0.29) is 23.0 Å². The number of nitrogens with zero attached hydrogens (tertiary/aromatic N) is 3. The first-order valence-corrected chi connectivity index (χ1v) is 10.6. The number of hydrogen-bond acceptors (Lipinski definition) is 5. The van der Waals surface area contributed by atoms with Crippen molar-refractivity contribution in [1.82, 2.24) is 15.0 Å². The first-order valence-electron chi connectivity index (χ1n) is 10.6. The molecule has 2 aliphatic rings. The molecule has 0 bridgehead atoms. The Morgan fingerprint density at radius 1 is 1.27 bits per heavy atom. The number of amides is 1. The largest absolute Gasteiger partial charge is 0.375 e. The van der Waals surface area contributed by atoms with Crippen LogP contribution < -0.4 is 0 Å². The van der Waals surface area contributed by atoms with E-state index in [1.807, 2.05) is 13.8 Å². The summed E-state index contributed by atoms with van der Waals surface area (Å²) in [5, 5.41) is 4.11. The molecule has 0 radical (unpaired) electrons.